The first-order chi connectivity index (χ1) is 16.2. The highest BCUT2D eigenvalue weighted by atomic mass is 35.5. The van der Waals surface area contributed by atoms with Crippen molar-refractivity contribution in [3.05, 3.63) is 78.1 Å². The van der Waals surface area contributed by atoms with E-state index in [0.717, 1.165) is 10.9 Å². The number of pyridine rings is 2. The van der Waals surface area contributed by atoms with Crippen molar-refractivity contribution in [2.24, 2.45) is 0 Å². The van der Waals surface area contributed by atoms with Crippen molar-refractivity contribution in [1.82, 2.24) is 14.7 Å². The van der Waals surface area contributed by atoms with Crippen LogP contribution in [-0.2, 0) is 20.2 Å². The molecule has 0 spiro atoms. The molecular weight excluding hydrogens is 498 g/mol. The first kappa shape index (κ1) is 22.5. The Morgan fingerprint density at radius 2 is 1.79 bits per heavy atom. The number of halogens is 1. The molecule has 3 heterocycles. The average Bonchev–Trinajstić information content (AvgIpc) is 3.19. The van der Waals surface area contributed by atoms with Crippen LogP contribution in [-0.4, -0.2) is 39.9 Å². The maximum atomic E-state index is 13.0. The van der Waals surface area contributed by atoms with Crippen LogP contribution in [0.25, 0.3) is 22.2 Å². The number of hydrogen-bond donors (Lipinski definition) is 2. The SMILES string of the molecule is O=S(=O)(Nc1ccc(Cl)c(-c2nccc3ncccc23)c1)c1ccc(N2CCNS2(=O)=O)cc1. The lowest BCUT2D eigenvalue weighted by atomic mass is 10.1. The van der Waals surface area contributed by atoms with Gasteiger partial charge in [0.25, 0.3) is 10.0 Å². The van der Waals surface area contributed by atoms with Gasteiger partial charge in [0.15, 0.2) is 0 Å². The van der Waals surface area contributed by atoms with Gasteiger partial charge in [0.05, 0.1) is 26.8 Å². The predicted octanol–water partition coefficient (Wildman–Crippen LogP) is 3.41. The van der Waals surface area contributed by atoms with E-state index in [2.05, 4.69) is 19.4 Å². The van der Waals surface area contributed by atoms with Crippen LogP contribution in [0.3, 0.4) is 0 Å². The van der Waals surface area contributed by atoms with Crippen LogP contribution in [0.15, 0.2) is 78.0 Å². The summed E-state index contributed by atoms with van der Waals surface area (Å²) in [4.78, 5) is 8.75. The van der Waals surface area contributed by atoms with E-state index in [0.29, 0.717) is 34.2 Å². The molecule has 174 valence electrons. The number of rotatable bonds is 5. The van der Waals surface area contributed by atoms with Crippen LogP contribution >= 0.6 is 11.6 Å². The summed E-state index contributed by atoms with van der Waals surface area (Å²) in [7, 11) is -7.54. The zero-order chi connectivity index (χ0) is 23.9. The van der Waals surface area contributed by atoms with Gasteiger partial charge in [-0.2, -0.15) is 13.1 Å². The fourth-order valence-corrected chi connectivity index (χ4v) is 6.23. The number of anilines is 2. The molecule has 2 aromatic carbocycles. The number of sulfonamides is 1. The number of nitrogens with one attached hydrogen (secondary N) is 2. The molecule has 34 heavy (non-hydrogen) atoms. The molecule has 12 heteroatoms. The molecule has 5 rings (SSSR count). The molecule has 0 bridgehead atoms. The third kappa shape index (κ3) is 4.18. The minimum Gasteiger partial charge on any atom is -0.280 e. The second kappa shape index (κ2) is 8.51. The summed E-state index contributed by atoms with van der Waals surface area (Å²) >= 11 is 6.43. The Kier molecular flexibility index (Phi) is 5.64. The predicted molar refractivity (Wildman–Crippen MR) is 132 cm³/mol. The van der Waals surface area contributed by atoms with Gasteiger partial charge in [-0.25, -0.2) is 8.42 Å². The van der Waals surface area contributed by atoms with E-state index in [9.17, 15) is 16.8 Å². The van der Waals surface area contributed by atoms with Gasteiger partial charge in [0, 0.05) is 42.1 Å². The van der Waals surface area contributed by atoms with E-state index < -0.39 is 20.2 Å². The molecule has 4 aromatic rings. The highest BCUT2D eigenvalue weighted by molar-refractivity contribution is 7.92. The third-order valence-corrected chi connectivity index (χ3v) is 8.60. The van der Waals surface area contributed by atoms with Gasteiger partial charge < -0.3 is 0 Å². The topological polar surface area (TPSA) is 121 Å². The van der Waals surface area contributed by atoms with Crippen molar-refractivity contribution in [1.29, 1.82) is 0 Å². The van der Waals surface area contributed by atoms with Crippen molar-refractivity contribution >= 4 is 54.1 Å². The molecular formula is C22H18ClN5O4S2. The molecule has 0 aliphatic carbocycles. The second-order valence-electron chi connectivity index (χ2n) is 7.50. The molecule has 2 aromatic heterocycles. The minimum atomic E-state index is -3.95. The lowest BCUT2D eigenvalue weighted by molar-refractivity contribution is 0.591. The lowest BCUT2D eigenvalue weighted by Gasteiger charge is -2.16. The summed E-state index contributed by atoms with van der Waals surface area (Å²) < 4.78 is 56.1. The largest absolute Gasteiger partial charge is 0.301 e. The number of aromatic nitrogens is 2. The Bertz CT molecular complexity index is 1610. The Morgan fingerprint density at radius 3 is 2.53 bits per heavy atom. The molecule has 0 saturated carbocycles. The zero-order valence-electron chi connectivity index (χ0n) is 17.5. The van der Waals surface area contributed by atoms with Gasteiger partial charge in [-0.05, 0) is 60.7 Å². The van der Waals surface area contributed by atoms with Gasteiger partial charge >= 0.3 is 10.2 Å². The Balaban J connectivity index is 1.45. The Hall–Kier alpha value is -3.25. The maximum Gasteiger partial charge on any atom is 0.301 e. The summed E-state index contributed by atoms with van der Waals surface area (Å²) in [6.07, 6.45) is 3.30. The summed E-state index contributed by atoms with van der Waals surface area (Å²) in [5.74, 6) is 0. The highest BCUT2D eigenvalue weighted by Crippen LogP contribution is 2.34. The lowest BCUT2D eigenvalue weighted by Crippen LogP contribution is -2.29. The van der Waals surface area contributed by atoms with Crippen molar-refractivity contribution < 1.29 is 16.8 Å². The van der Waals surface area contributed by atoms with E-state index in [1.54, 1.807) is 42.7 Å². The van der Waals surface area contributed by atoms with Crippen molar-refractivity contribution in [3.63, 3.8) is 0 Å². The monoisotopic (exact) mass is 515 g/mol. The van der Waals surface area contributed by atoms with Crippen molar-refractivity contribution in [3.8, 4) is 11.3 Å². The molecule has 1 fully saturated rings. The summed E-state index contributed by atoms with van der Waals surface area (Å²) in [6, 6.07) is 15.9. The molecule has 0 atom stereocenters. The quantitative estimate of drug-likeness (QED) is 0.420. The van der Waals surface area contributed by atoms with Crippen LogP contribution in [0.5, 0.6) is 0 Å². The molecule has 9 nitrogen and oxygen atoms in total. The summed E-state index contributed by atoms with van der Waals surface area (Å²) in [5.41, 5.74) is 2.57. The fourth-order valence-electron chi connectivity index (χ4n) is 3.74. The van der Waals surface area contributed by atoms with Gasteiger partial charge in [-0.1, -0.05) is 11.6 Å². The van der Waals surface area contributed by atoms with Crippen LogP contribution in [0, 0.1) is 0 Å². The Labute approximate surface area is 201 Å². The molecule has 2 N–H and O–H groups in total. The Morgan fingerprint density at radius 1 is 1.00 bits per heavy atom. The molecule has 1 saturated heterocycles. The summed E-state index contributed by atoms with van der Waals surface area (Å²) in [6.45, 7) is 0.572. The normalized spacial score (nSPS) is 15.5. The minimum absolute atomic E-state index is 0.00945. The van der Waals surface area contributed by atoms with Crippen LogP contribution in [0.1, 0.15) is 0 Å². The van der Waals surface area contributed by atoms with E-state index in [-0.39, 0.29) is 11.4 Å². The molecule has 0 unspecified atom stereocenters. The summed E-state index contributed by atoms with van der Waals surface area (Å²) in [5, 5.41) is 1.20. The van der Waals surface area contributed by atoms with Crippen molar-refractivity contribution in [2.45, 2.75) is 4.90 Å². The van der Waals surface area contributed by atoms with E-state index >= 15 is 0 Å². The van der Waals surface area contributed by atoms with Crippen LogP contribution < -0.4 is 13.7 Å². The van der Waals surface area contributed by atoms with E-state index in [1.807, 2.05) is 6.07 Å². The highest BCUT2D eigenvalue weighted by Gasteiger charge is 2.28. The zero-order valence-corrected chi connectivity index (χ0v) is 19.9. The van der Waals surface area contributed by atoms with Gasteiger partial charge in [-0.3, -0.25) is 19.0 Å². The van der Waals surface area contributed by atoms with E-state index in [4.69, 9.17) is 11.6 Å². The molecule has 0 radical (unpaired) electrons. The van der Waals surface area contributed by atoms with Crippen LogP contribution in [0.2, 0.25) is 5.02 Å². The average molecular weight is 516 g/mol. The number of fused-ring (bicyclic) bond motifs is 1. The smallest absolute Gasteiger partial charge is 0.280 e. The van der Waals surface area contributed by atoms with Gasteiger partial charge in [-0.15, -0.1) is 0 Å². The molecule has 1 aliphatic rings. The maximum absolute atomic E-state index is 13.0. The van der Waals surface area contributed by atoms with Crippen molar-refractivity contribution in [2.75, 3.05) is 22.1 Å². The number of hydrogen-bond acceptors (Lipinski definition) is 6. The van der Waals surface area contributed by atoms with E-state index in [1.165, 1.54) is 28.6 Å². The standard InChI is InChI=1S/C22H18ClN5O4S2/c23-20-8-3-15(14-19(20)22-18-2-1-10-24-21(18)9-11-25-22)27-33(29,30)17-6-4-16(5-7-17)28-13-12-26-34(28,31)32/h1-11,14,26-27H,12-13H2. The fraction of sp³-hybridized carbons (Fsp3) is 0.0909. The number of nitrogens with zero attached hydrogens (tertiary/aromatic N) is 3. The molecule has 0 amide bonds. The molecule has 1 aliphatic heterocycles. The third-order valence-electron chi connectivity index (χ3n) is 5.33. The number of benzene rings is 2. The van der Waals surface area contributed by atoms with Crippen LogP contribution in [0.4, 0.5) is 11.4 Å². The van der Waals surface area contributed by atoms with Gasteiger partial charge in [0.2, 0.25) is 0 Å². The first-order valence-corrected chi connectivity index (χ1v) is 13.4. The van der Waals surface area contributed by atoms with Gasteiger partial charge in [0.1, 0.15) is 0 Å². The first-order valence-electron chi connectivity index (χ1n) is 10.1. The second-order valence-corrected chi connectivity index (χ2v) is 11.3.